The first-order chi connectivity index (χ1) is 10.8. The van der Waals surface area contributed by atoms with Crippen LogP contribution in [0.1, 0.15) is 20.8 Å². The molecule has 124 valence electrons. The number of ether oxygens (including phenoxy) is 1. The van der Waals surface area contributed by atoms with Crippen molar-refractivity contribution >= 4 is 35.0 Å². The Morgan fingerprint density at radius 3 is 2.78 bits per heavy atom. The number of rotatable bonds is 5. The first-order valence-corrected chi connectivity index (χ1v) is 8.22. The molecule has 0 fully saturated rings. The zero-order valence-corrected chi connectivity index (χ0v) is 14.9. The SMILES string of the molecule is COc1ccc(NC(=O)CSc2nnnn2C(C)(C)C)cc1Cl. The van der Waals surface area contributed by atoms with Crippen molar-refractivity contribution in [3.63, 3.8) is 0 Å². The fourth-order valence-corrected chi connectivity index (χ4v) is 2.88. The van der Waals surface area contributed by atoms with E-state index in [1.165, 1.54) is 18.9 Å². The highest BCUT2D eigenvalue weighted by Crippen LogP contribution is 2.27. The average Bonchev–Trinajstić information content (AvgIpc) is 2.94. The van der Waals surface area contributed by atoms with Crippen LogP contribution >= 0.6 is 23.4 Å². The number of benzene rings is 1. The van der Waals surface area contributed by atoms with Gasteiger partial charge in [-0.15, -0.1) is 5.10 Å². The van der Waals surface area contributed by atoms with Crippen LogP contribution in [0.4, 0.5) is 5.69 Å². The van der Waals surface area contributed by atoms with Gasteiger partial charge >= 0.3 is 0 Å². The van der Waals surface area contributed by atoms with Crippen molar-refractivity contribution in [1.29, 1.82) is 0 Å². The van der Waals surface area contributed by atoms with Crippen LogP contribution in [0.2, 0.25) is 5.02 Å². The molecule has 1 N–H and O–H groups in total. The number of halogens is 1. The monoisotopic (exact) mass is 355 g/mol. The van der Waals surface area contributed by atoms with Crippen LogP contribution in [0.3, 0.4) is 0 Å². The van der Waals surface area contributed by atoms with Crippen LogP contribution in [-0.4, -0.2) is 39.0 Å². The van der Waals surface area contributed by atoms with Gasteiger partial charge in [0.05, 0.1) is 23.4 Å². The molecule has 0 aliphatic rings. The molecule has 2 rings (SSSR count). The Labute approximate surface area is 143 Å². The number of aromatic nitrogens is 4. The summed E-state index contributed by atoms with van der Waals surface area (Å²) in [5.74, 6) is 0.586. The molecule has 1 aromatic heterocycles. The van der Waals surface area contributed by atoms with E-state index in [4.69, 9.17) is 16.3 Å². The zero-order chi connectivity index (χ0) is 17.0. The summed E-state index contributed by atoms with van der Waals surface area (Å²) >= 11 is 7.31. The number of methoxy groups -OCH3 is 1. The van der Waals surface area contributed by atoms with Crippen molar-refractivity contribution < 1.29 is 9.53 Å². The van der Waals surface area contributed by atoms with Gasteiger partial charge in [0.2, 0.25) is 11.1 Å². The van der Waals surface area contributed by atoms with Gasteiger partial charge in [0.1, 0.15) is 5.75 Å². The summed E-state index contributed by atoms with van der Waals surface area (Å²) in [4.78, 5) is 12.1. The van der Waals surface area contributed by atoms with E-state index in [9.17, 15) is 4.79 Å². The lowest BCUT2D eigenvalue weighted by Crippen LogP contribution is -2.24. The minimum absolute atomic E-state index is 0.167. The zero-order valence-electron chi connectivity index (χ0n) is 13.3. The maximum absolute atomic E-state index is 12.1. The van der Waals surface area contributed by atoms with Crippen LogP contribution in [0.15, 0.2) is 23.4 Å². The van der Waals surface area contributed by atoms with E-state index < -0.39 is 0 Å². The number of thioether (sulfide) groups is 1. The molecule has 0 atom stereocenters. The second kappa shape index (κ2) is 7.18. The van der Waals surface area contributed by atoms with E-state index in [2.05, 4.69) is 20.8 Å². The van der Waals surface area contributed by atoms with Crippen molar-refractivity contribution in [2.75, 3.05) is 18.2 Å². The smallest absolute Gasteiger partial charge is 0.234 e. The van der Waals surface area contributed by atoms with Gasteiger partial charge in [0.25, 0.3) is 0 Å². The van der Waals surface area contributed by atoms with Crippen molar-refractivity contribution in [1.82, 2.24) is 20.2 Å². The Kier molecular flexibility index (Phi) is 5.48. The number of tetrazole rings is 1. The summed E-state index contributed by atoms with van der Waals surface area (Å²) in [5, 5.41) is 15.4. The molecule has 7 nitrogen and oxygen atoms in total. The molecule has 0 bridgehead atoms. The van der Waals surface area contributed by atoms with Gasteiger partial charge in [-0.25, -0.2) is 4.68 Å². The van der Waals surface area contributed by atoms with Crippen LogP contribution in [-0.2, 0) is 10.3 Å². The Morgan fingerprint density at radius 2 is 2.17 bits per heavy atom. The number of hydrogen-bond acceptors (Lipinski definition) is 6. The lowest BCUT2D eigenvalue weighted by Gasteiger charge is -2.19. The second-order valence-corrected chi connectivity index (χ2v) is 7.08. The second-order valence-electron chi connectivity index (χ2n) is 5.73. The van der Waals surface area contributed by atoms with Crippen LogP contribution < -0.4 is 10.1 Å². The lowest BCUT2D eigenvalue weighted by atomic mass is 10.1. The van der Waals surface area contributed by atoms with E-state index in [1.807, 2.05) is 20.8 Å². The molecule has 0 radical (unpaired) electrons. The highest BCUT2D eigenvalue weighted by molar-refractivity contribution is 7.99. The fourth-order valence-electron chi connectivity index (χ4n) is 1.76. The number of nitrogens with zero attached hydrogens (tertiary/aromatic N) is 4. The third-order valence-electron chi connectivity index (χ3n) is 2.84. The Hall–Kier alpha value is -1.80. The molecule has 0 saturated heterocycles. The van der Waals surface area contributed by atoms with Crippen molar-refractivity contribution in [2.45, 2.75) is 31.5 Å². The topological polar surface area (TPSA) is 81.9 Å². The number of amides is 1. The molecule has 1 aromatic carbocycles. The minimum Gasteiger partial charge on any atom is -0.495 e. The summed E-state index contributed by atoms with van der Waals surface area (Å²) in [6.45, 7) is 5.98. The van der Waals surface area contributed by atoms with Crippen molar-refractivity contribution in [2.24, 2.45) is 0 Å². The molecule has 1 heterocycles. The number of carbonyl (C=O) groups is 1. The summed E-state index contributed by atoms with van der Waals surface area (Å²) in [6, 6.07) is 5.07. The lowest BCUT2D eigenvalue weighted by molar-refractivity contribution is -0.113. The normalized spacial score (nSPS) is 11.3. The van der Waals surface area contributed by atoms with E-state index in [0.29, 0.717) is 21.6 Å². The minimum atomic E-state index is -0.244. The summed E-state index contributed by atoms with van der Waals surface area (Å²) < 4.78 is 6.76. The Bertz CT molecular complexity index is 699. The van der Waals surface area contributed by atoms with E-state index in [0.717, 1.165) is 0 Å². The maximum atomic E-state index is 12.1. The molecular formula is C14H18ClN5O2S. The first-order valence-electron chi connectivity index (χ1n) is 6.86. The van der Waals surface area contributed by atoms with Crippen LogP contribution in [0.25, 0.3) is 0 Å². The third-order valence-corrected chi connectivity index (χ3v) is 4.06. The Balaban J connectivity index is 1.96. The van der Waals surface area contributed by atoms with E-state index >= 15 is 0 Å². The van der Waals surface area contributed by atoms with Gasteiger partial charge in [-0.2, -0.15) is 0 Å². The highest BCUT2D eigenvalue weighted by Gasteiger charge is 2.20. The average molecular weight is 356 g/mol. The van der Waals surface area contributed by atoms with E-state index in [-0.39, 0.29) is 17.2 Å². The molecule has 0 saturated carbocycles. The molecule has 2 aromatic rings. The molecular weight excluding hydrogens is 338 g/mol. The van der Waals surface area contributed by atoms with Crippen molar-refractivity contribution in [3.8, 4) is 5.75 Å². The Morgan fingerprint density at radius 1 is 1.43 bits per heavy atom. The third kappa shape index (κ3) is 4.59. The first kappa shape index (κ1) is 17.6. The molecule has 0 spiro atoms. The number of carbonyl (C=O) groups excluding carboxylic acids is 1. The van der Waals surface area contributed by atoms with Gasteiger partial charge in [-0.05, 0) is 49.4 Å². The molecule has 23 heavy (non-hydrogen) atoms. The van der Waals surface area contributed by atoms with Gasteiger partial charge in [-0.3, -0.25) is 4.79 Å². The van der Waals surface area contributed by atoms with Crippen LogP contribution in [0.5, 0.6) is 5.75 Å². The van der Waals surface area contributed by atoms with Gasteiger partial charge in [0, 0.05) is 5.69 Å². The van der Waals surface area contributed by atoms with Crippen molar-refractivity contribution in [3.05, 3.63) is 23.2 Å². The molecule has 0 aliphatic carbocycles. The molecule has 1 amide bonds. The summed E-state index contributed by atoms with van der Waals surface area (Å²) in [6.07, 6.45) is 0. The largest absolute Gasteiger partial charge is 0.495 e. The van der Waals surface area contributed by atoms with Gasteiger partial charge in [-0.1, -0.05) is 23.4 Å². The predicted molar refractivity (Wildman–Crippen MR) is 90.2 cm³/mol. The molecule has 9 heteroatoms. The number of nitrogens with one attached hydrogen (secondary N) is 1. The van der Waals surface area contributed by atoms with Gasteiger partial charge in [0.15, 0.2) is 0 Å². The number of hydrogen-bond donors (Lipinski definition) is 1. The van der Waals surface area contributed by atoms with E-state index in [1.54, 1.807) is 22.9 Å². The quantitative estimate of drug-likeness (QED) is 0.830. The summed E-state index contributed by atoms with van der Waals surface area (Å²) in [5.41, 5.74) is 0.364. The molecule has 0 unspecified atom stereocenters. The standard InChI is InChI=1S/C14H18ClN5O2S/c1-14(2,3)20-13(17-18-19-20)23-8-12(21)16-9-5-6-11(22-4)10(15)7-9/h5-7H,8H2,1-4H3,(H,16,21). The van der Waals surface area contributed by atoms with Crippen LogP contribution in [0, 0.1) is 0 Å². The molecule has 0 aliphatic heterocycles. The highest BCUT2D eigenvalue weighted by atomic mass is 35.5. The maximum Gasteiger partial charge on any atom is 0.234 e. The summed E-state index contributed by atoms with van der Waals surface area (Å²) in [7, 11) is 1.54. The van der Waals surface area contributed by atoms with Gasteiger partial charge < -0.3 is 10.1 Å². The fraction of sp³-hybridized carbons (Fsp3) is 0.429. The predicted octanol–water partition coefficient (Wildman–Crippen LogP) is 2.82. The number of anilines is 1.